The molecule has 0 bridgehead atoms. The highest BCUT2D eigenvalue weighted by Crippen LogP contribution is 2.18. The maximum Gasteiger partial charge on any atom is 0.306 e. The topological polar surface area (TPSA) is 78.9 Å². The van der Waals surface area contributed by atoms with Crippen LogP contribution in [0.15, 0.2) is 60.8 Å². The molecule has 0 aromatic heterocycles. The first kappa shape index (κ1) is 75.1. The summed E-state index contributed by atoms with van der Waals surface area (Å²) < 4.78 is 16.8. The Balaban J connectivity index is 4.02. The molecule has 0 rings (SSSR count). The van der Waals surface area contributed by atoms with Gasteiger partial charge in [-0.1, -0.05) is 338 Å². The predicted molar refractivity (Wildman–Crippen MR) is 339 cm³/mol. The summed E-state index contributed by atoms with van der Waals surface area (Å²) in [6.07, 6.45) is 85.7. The van der Waals surface area contributed by atoms with E-state index in [1.807, 2.05) is 0 Å². The second kappa shape index (κ2) is 66.6. The van der Waals surface area contributed by atoms with Crippen molar-refractivity contribution in [2.45, 2.75) is 367 Å². The lowest BCUT2D eigenvalue weighted by Crippen LogP contribution is -2.30. The summed E-state index contributed by atoms with van der Waals surface area (Å²) in [5.74, 6) is -0.863. The van der Waals surface area contributed by atoms with Crippen molar-refractivity contribution in [2.24, 2.45) is 0 Å². The lowest BCUT2D eigenvalue weighted by Gasteiger charge is -2.18. The van der Waals surface area contributed by atoms with Crippen LogP contribution in [0.4, 0.5) is 0 Å². The minimum Gasteiger partial charge on any atom is -0.462 e. The third-order valence-electron chi connectivity index (χ3n) is 15.3. The lowest BCUT2D eigenvalue weighted by molar-refractivity contribution is -0.167. The number of hydrogen-bond acceptors (Lipinski definition) is 6. The van der Waals surface area contributed by atoms with Crippen molar-refractivity contribution in [3.05, 3.63) is 60.8 Å². The lowest BCUT2D eigenvalue weighted by atomic mass is 10.0. The summed E-state index contributed by atoms with van der Waals surface area (Å²) in [4.78, 5) is 38.1. The van der Waals surface area contributed by atoms with Gasteiger partial charge >= 0.3 is 17.9 Å². The second-order valence-electron chi connectivity index (χ2n) is 23.1. The van der Waals surface area contributed by atoms with Crippen molar-refractivity contribution in [3.63, 3.8) is 0 Å². The molecule has 0 saturated heterocycles. The van der Waals surface area contributed by atoms with E-state index in [-0.39, 0.29) is 31.1 Å². The summed E-state index contributed by atoms with van der Waals surface area (Å²) >= 11 is 0. The van der Waals surface area contributed by atoms with Crippen LogP contribution in [0.25, 0.3) is 0 Å². The van der Waals surface area contributed by atoms with E-state index in [0.29, 0.717) is 19.3 Å². The van der Waals surface area contributed by atoms with Gasteiger partial charge in [0.2, 0.25) is 0 Å². The van der Waals surface area contributed by atoms with Gasteiger partial charge in [-0.2, -0.15) is 0 Å². The first-order valence-electron chi connectivity index (χ1n) is 34.3. The second-order valence-corrected chi connectivity index (χ2v) is 23.1. The zero-order valence-corrected chi connectivity index (χ0v) is 52.2. The Morgan fingerprint density at radius 2 is 0.500 bits per heavy atom. The SMILES string of the molecule is CC/C=C\C/C=C\C/C=C\C/C=C\C/C=C\CCCCCCCCCCCCCC(=O)OCC(COC(=O)CCCCCCCC)OC(=O)CCCCCCCCCCCCCCCCCCCCCCCCCCCCC. The number of esters is 3. The van der Waals surface area contributed by atoms with Gasteiger partial charge in [0, 0.05) is 19.3 Å². The van der Waals surface area contributed by atoms with Crippen molar-refractivity contribution < 1.29 is 28.6 Å². The largest absolute Gasteiger partial charge is 0.462 e. The van der Waals surface area contributed by atoms with Gasteiger partial charge in [0.05, 0.1) is 0 Å². The molecule has 0 aromatic rings. The van der Waals surface area contributed by atoms with Crippen molar-refractivity contribution in [1.82, 2.24) is 0 Å². The Labute approximate surface area is 485 Å². The molecule has 0 fully saturated rings. The highest BCUT2D eigenvalue weighted by molar-refractivity contribution is 5.71. The van der Waals surface area contributed by atoms with E-state index in [1.165, 1.54) is 231 Å². The maximum atomic E-state index is 12.9. The third-order valence-corrected chi connectivity index (χ3v) is 15.3. The molecule has 0 radical (unpaired) electrons. The van der Waals surface area contributed by atoms with Gasteiger partial charge in [-0.25, -0.2) is 0 Å². The number of unbranched alkanes of at least 4 members (excludes halogenated alkanes) is 42. The van der Waals surface area contributed by atoms with Gasteiger partial charge in [-0.15, -0.1) is 0 Å². The van der Waals surface area contributed by atoms with E-state index in [4.69, 9.17) is 14.2 Å². The van der Waals surface area contributed by atoms with Gasteiger partial charge in [0.25, 0.3) is 0 Å². The first-order valence-corrected chi connectivity index (χ1v) is 34.3. The molecule has 0 aliphatic rings. The number of hydrogen-bond donors (Lipinski definition) is 0. The Morgan fingerprint density at radius 1 is 0.269 bits per heavy atom. The molecular formula is C72H130O6. The van der Waals surface area contributed by atoms with E-state index in [2.05, 4.69) is 81.5 Å². The predicted octanol–water partition coefficient (Wildman–Crippen LogP) is 23.5. The average Bonchev–Trinajstić information content (AvgIpc) is 3.44. The average molecular weight is 1090 g/mol. The molecule has 0 saturated carbocycles. The van der Waals surface area contributed by atoms with Crippen molar-refractivity contribution >= 4 is 17.9 Å². The Bertz CT molecular complexity index is 1390. The van der Waals surface area contributed by atoms with Crippen molar-refractivity contribution in [3.8, 4) is 0 Å². The number of carbonyl (C=O) groups excluding carboxylic acids is 3. The molecule has 0 heterocycles. The Hall–Kier alpha value is -2.89. The number of allylic oxidation sites excluding steroid dienone is 10. The summed E-state index contributed by atoms with van der Waals surface area (Å²) in [7, 11) is 0. The summed E-state index contributed by atoms with van der Waals surface area (Å²) in [5.41, 5.74) is 0. The molecule has 0 aliphatic carbocycles. The highest BCUT2D eigenvalue weighted by Gasteiger charge is 2.19. The standard InChI is InChI=1S/C72H130O6/c1-4-7-10-13-16-18-20-22-24-26-28-30-32-34-36-38-40-42-44-46-48-50-52-54-56-59-62-65-71(74)77-68-69(67-76-70(73)64-61-58-15-12-9-6-3)78-72(75)66-63-60-57-55-53-51-49-47-45-43-41-39-37-35-33-31-29-27-25-23-21-19-17-14-11-8-5-2/h7,10,16,18,22,24,28,30,34,36,69H,4-6,8-9,11-15,17,19-21,23,25-27,29,31-33,35,37-68H2,1-3H3/b10-7-,18-16-,24-22-,30-28-,36-34-. The van der Waals surface area contributed by atoms with E-state index in [0.717, 1.165) is 89.9 Å². The normalized spacial score (nSPS) is 12.4. The van der Waals surface area contributed by atoms with Crippen LogP contribution in [-0.4, -0.2) is 37.2 Å². The first-order chi connectivity index (χ1) is 38.5. The smallest absolute Gasteiger partial charge is 0.306 e. The Morgan fingerprint density at radius 3 is 0.782 bits per heavy atom. The molecule has 0 aliphatic heterocycles. The fraction of sp³-hybridized carbons (Fsp3) is 0.819. The number of ether oxygens (including phenoxy) is 3. The molecule has 0 spiro atoms. The number of carbonyl (C=O) groups is 3. The van der Waals surface area contributed by atoms with E-state index in [1.54, 1.807) is 0 Å². The van der Waals surface area contributed by atoms with Gasteiger partial charge < -0.3 is 14.2 Å². The maximum absolute atomic E-state index is 12.9. The van der Waals surface area contributed by atoms with Crippen molar-refractivity contribution in [1.29, 1.82) is 0 Å². The van der Waals surface area contributed by atoms with Crippen LogP contribution in [0.3, 0.4) is 0 Å². The van der Waals surface area contributed by atoms with Crippen LogP contribution >= 0.6 is 0 Å². The van der Waals surface area contributed by atoms with E-state index < -0.39 is 6.10 Å². The van der Waals surface area contributed by atoms with Crippen LogP contribution < -0.4 is 0 Å². The zero-order valence-electron chi connectivity index (χ0n) is 52.2. The van der Waals surface area contributed by atoms with Gasteiger partial charge in [0.1, 0.15) is 13.2 Å². The fourth-order valence-electron chi connectivity index (χ4n) is 10.2. The summed E-state index contributed by atoms with van der Waals surface area (Å²) in [6.45, 7) is 6.52. The molecule has 1 atom stereocenters. The monoisotopic (exact) mass is 1090 g/mol. The molecule has 0 amide bonds. The minimum absolute atomic E-state index is 0.0711. The number of rotatable bonds is 63. The van der Waals surface area contributed by atoms with Crippen LogP contribution in [0.5, 0.6) is 0 Å². The Kier molecular flexibility index (Phi) is 64.2. The molecule has 0 aromatic carbocycles. The minimum atomic E-state index is -0.771. The van der Waals surface area contributed by atoms with Crippen LogP contribution in [0.2, 0.25) is 0 Å². The molecule has 454 valence electrons. The zero-order chi connectivity index (χ0) is 56.4. The van der Waals surface area contributed by atoms with Gasteiger partial charge in [-0.05, 0) is 64.2 Å². The van der Waals surface area contributed by atoms with Crippen LogP contribution in [-0.2, 0) is 28.6 Å². The molecule has 1 unspecified atom stereocenters. The molecule has 0 N–H and O–H groups in total. The van der Waals surface area contributed by atoms with Gasteiger partial charge in [0.15, 0.2) is 6.10 Å². The van der Waals surface area contributed by atoms with E-state index in [9.17, 15) is 14.4 Å². The molecule has 6 heteroatoms. The fourth-order valence-corrected chi connectivity index (χ4v) is 10.2. The van der Waals surface area contributed by atoms with Gasteiger partial charge in [-0.3, -0.25) is 14.4 Å². The van der Waals surface area contributed by atoms with Crippen LogP contribution in [0.1, 0.15) is 361 Å². The van der Waals surface area contributed by atoms with Crippen LogP contribution in [0, 0.1) is 0 Å². The quantitative estimate of drug-likeness (QED) is 0.0261. The third kappa shape index (κ3) is 63.9. The van der Waals surface area contributed by atoms with Crippen molar-refractivity contribution in [2.75, 3.05) is 13.2 Å². The summed E-state index contributed by atoms with van der Waals surface area (Å²) in [5, 5.41) is 0. The highest BCUT2D eigenvalue weighted by atomic mass is 16.6. The molecular weight excluding hydrogens is 961 g/mol. The van der Waals surface area contributed by atoms with E-state index >= 15 is 0 Å². The summed E-state index contributed by atoms with van der Waals surface area (Å²) in [6, 6.07) is 0. The molecule has 6 nitrogen and oxygen atoms in total. The molecule has 78 heavy (non-hydrogen) atoms.